The lowest BCUT2D eigenvalue weighted by Crippen LogP contribution is -3.03. The van der Waals surface area contributed by atoms with Crippen molar-refractivity contribution >= 4 is 17.5 Å². The molecule has 1 saturated carbocycles. The number of fused-ring (bicyclic) bond motifs is 1. The van der Waals surface area contributed by atoms with E-state index in [0.29, 0.717) is 11.7 Å². The van der Waals surface area contributed by atoms with Crippen LogP contribution >= 0.6 is 0 Å². The van der Waals surface area contributed by atoms with Gasteiger partial charge in [-0.15, -0.1) is 0 Å². The molecule has 1 aliphatic carbocycles. The normalized spacial score (nSPS) is 27.7. The van der Waals surface area contributed by atoms with Crippen molar-refractivity contribution in [3.63, 3.8) is 0 Å². The molecule has 118 valence electrons. The van der Waals surface area contributed by atoms with Crippen LogP contribution in [-0.4, -0.2) is 29.9 Å². The van der Waals surface area contributed by atoms with Crippen LogP contribution in [0.15, 0.2) is 24.3 Å². The van der Waals surface area contributed by atoms with Gasteiger partial charge in [0, 0.05) is 12.1 Å². The van der Waals surface area contributed by atoms with E-state index < -0.39 is 0 Å². The highest BCUT2D eigenvalue weighted by atomic mass is 19.1. The van der Waals surface area contributed by atoms with Crippen molar-refractivity contribution in [1.82, 2.24) is 5.32 Å². The van der Waals surface area contributed by atoms with Crippen LogP contribution < -0.4 is 16.0 Å². The zero-order valence-electron chi connectivity index (χ0n) is 12.3. The number of carbonyl (C=O) groups is 2. The van der Waals surface area contributed by atoms with Crippen molar-refractivity contribution in [3.8, 4) is 0 Å². The largest absolute Gasteiger partial charge is 0.342 e. The van der Waals surface area contributed by atoms with Gasteiger partial charge in [0.25, 0.3) is 5.91 Å². The molecule has 1 saturated heterocycles. The molecule has 0 radical (unpaired) electrons. The molecule has 1 aromatic rings. The number of rotatable bonds is 3. The lowest BCUT2D eigenvalue weighted by Gasteiger charge is -2.37. The fourth-order valence-corrected chi connectivity index (χ4v) is 3.35. The Balaban J connectivity index is 1.56. The number of hydrogen-bond donors (Lipinski definition) is 3. The van der Waals surface area contributed by atoms with Crippen LogP contribution in [0.3, 0.4) is 0 Å². The number of quaternary nitrogens is 1. The highest BCUT2D eigenvalue weighted by Gasteiger charge is 2.40. The van der Waals surface area contributed by atoms with Crippen LogP contribution in [0.5, 0.6) is 0 Å². The SMILES string of the molecule is O=C(C[C@H]1[NH2+][C@H]2CCCC[C@@H]2NC1=O)Nc1ccc(F)cc1. The number of hydrogen-bond acceptors (Lipinski definition) is 2. The third-order valence-electron chi connectivity index (χ3n) is 4.50. The highest BCUT2D eigenvalue weighted by Crippen LogP contribution is 2.18. The Morgan fingerprint density at radius 3 is 2.77 bits per heavy atom. The topological polar surface area (TPSA) is 74.8 Å². The zero-order chi connectivity index (χ0) is 15.5. The maximum atomic E-state index is 12.8. The van der Waals surface area contributed by atoms with Crippen LogP contribution in [-0.2, 0) is 9.59 Å². The Kier molecular flexibility index (Phi) is 4.38. The molecule has 2 fully saturated rings. The summed E-state index contributed by atoms with van der Waals surface area (Å²) in [7, 11) is 0. The number of benzene rings is 1. The van der Waals surface area contributed by atoms with Crippen LogP contribution in [0.25, 0.3) is 0 Å². The van der Waals surface area contributed by atoms with Gasteiger partial charge in [0.05, 0.1) is 12.5 Å². The fraction of sp³-hybridized carbons (Fsp3) is 0.500. The van der Waals surface area contributed by atoms with E-state index in [1.54, 1.807) is 0 Å². The molecule has 1 aliphatic heterocycles. The minimum atomic E-state index is -0.375. The number of nitrogens with two attached hydrogens (primary N) is 1. The summed E-state index contributed by atoms with van der Waals surface area (Å²) in [5, 5.41) is 7.80. The molecule has 3 atom stereocenters. The van der Waals surface area contributed by atoms with Gasteiger partial charge in [0.1, 0.15) is 11.9 Å². The van der Waals surface area contributed by atoms with E-state index in [0.717, 1.165) is 19.3 Å². The summed E-state index contributed by atoms with van der Waals surface area (Å²) in [6.45, 7) is 0. The van der Waals surface area contributed by atoms with Crippen molar-refractivity contribution in [1.29, 1.82) is 0 Å². The first-order valence-corrected chi connectivity index (χ1v) is 7.82. The molecule has 4 N–H and O–H groups in total. The molecular formula is C16H21FN3O2+. The molecule has 0 unspecified atom stereocenters. The van der Waals surface area contributed by atoms with Gasteiger partial charge in [-0.3, -0.25) is 9.59 Å². The summed E-state index contributed by atoms with van der Waals surface area (Å²) in [6.07, 6.45) is 4.59. The van der Waals surface area contributed by atoms with Gasteiger partial charge >= 0.3 is 0 Å². The Labute approximate surface area is 128 Å². The Morgan fingerprint density at radius 1 is 1.27 bits per heavy atom. The van der Waals surface area contributed by atoms with E-state index in [2.05, 4.69) is 10.6 Å². The van der Waals surface area contributed by atoms with Crippen molar-refractivity contribution in [2.24, 2.45) is 0 Å². The van der Waals surface area contributed by atoms with Gasteiger partial charge in [0.2, 0.25) is 5.91 Å². The van der Waals surface area contributed by atoms with Crippen LogP contribution in [0.4, 0.5) is 10.1 Å². The molecule has 6 heteroatoms. The van der Waals surface area contributed by atoms with Crippen LogP contribution in [0.2, 0.25) is 0 Å². The average molecular weight is 306 g/mol. The maximum Gasteiger partial charge on any atom is 0.279 e. The summed E-state index contributed by atoms with van der Waals surface area (Å²) in [5.41, 5.74) is 0.540. The Hall–Kier alpha value is -1.95. The molecular weight excluding hydrogens is 285 g/mol. The standard InChI is InChI=1S/C16H20FN3O2/c17-10-5-7-11(8-6-10)18-15(21)9-14-16(22)20-13-4-2-1-3-12(13)19-14/h5-8,12-14,19H,1-4,9H2,(H,18,21)(H,20,22)/p+1/t12-,13-,14+/m0/s1. The molecule has 2 aliphatic rings. The Bertz CT molecular complexity index is 561. The van der Waals surface area contributed by atoms with E-state index in [-0.39, 0.29) is 36.1 Å². The van der Waals surface area contributed by atoms with Crippen molar-refractivity contribution in [3.05, 3.63) is 30.1 Å². The minimum Gasteiger partial charge on any atom is -0.342 e. The summed E-state index contributed by atoms with van der Waals surface area (Å²) in [5.74, 6) is -0.629. The molecule has 1 heterocycles. The summed E-state index contributed by atoms with van der Waals surface area (Å²) in [4.78, 5) is 24.2. The number of piperazine rings is 1. The second-order valence-corrected chi connectivity index (χ2v) is 6.12. The summed E-state index contributed by atoms with van der Waals surface area (Å²) >= 11 is 0. The Morgan fingerprint density at radius 2 is 2.00 bits per heavy atom. The molecule has 0 aromatic heterocycles. The number of nitrogens with one attached hydrogen (secondary N) is 2. The number of amides is 2. The van der Waals surface area contributed by atoms with Crippen LogP contribution in [0.1, 0.15) is 32.1 Å². The van der Waals surface area contributed by atoms with Crippen molar-refractivity contribution in [2.75, 3.05) is 5.32 Å². The van der Waals surface area contributed by atoms with Gasteiger partial charge in [-0.1, -0.05) is 6.42 Å². The second kappa shape index (κ2) is 6.44. The van der Waals surface area contributed by atoms with Crippen molar-refractivity contribution in [2.45, 2.75) is 50.2 Å². The van der Waals surface area contributed by atoms with E-state index in [1.165, 1.54) is 30.7 Å². The molecule has 0 spiro atoms. The lowest BCUT2D eigenvalue weighted by atomic mass is 9.87. The summed E-state index contributed by atoms with van der Waals surface area (Å²) in [6, 6.07) is 5.86. The maximum absolute atomic E-state index is 12.8. The smallest absolute Gasteiger partial charge is 0.279 e. The predicted molar refractivity (Wildman–Crippen MR) is 79.5 cm³/mol. The van der Waals surface area contributed by atoms with Crippen molar-refractivity contribution < 1.29 is 19.3 Å². The van der Waals surface area contributed by atoms with E-state index in [1.807, 2.05) is 5.32 Å². The van der Waals surface area contributed by atoms with Gasteiger partial charge in [-0.2, -0.15) is 0 Å². The predicted octanol–water partition coefficient (Wildman–Crippen LogP) is 0.527. The molecule has 0 bridgehead atoms. The highest BCUT2D eigenvalue weighted by molar-refractivity contribution is 5.95. The molecule has 5 nitrogen and oxygen atoms in total. The quantitative estimate of drug-likeness (QED) is 0.762. The monoisotopic (exact) mass is 306 g/mol. The third-order valence-corrected chi connectivity index (χ3v) is 4.50. The van der Waals surface area contributed by atoms with Gasteiger partial charge in [-0.05, 0) is 37.1 Å². The lowest BCUT2D eigenvalue weighted by molar-refractivity contribution is -0.718. The number of anilines is 1. The first-order chi connectivity index (χ1) is 10.6. The first kappa shape index (κ1) is 15.0. The van der Waals surface area contributed by atoms with Gasteiger partial charge in [-0.25, -0.2) is 4.39 Å². The second-order valence-electron chi connectivity index (χ2n) is 6.12. The number of halogens is 1. The minimum absolute atomic E-state index is 0.0580. The van der Waals surface area contributed by atoms with E-state index in [9.17, 15) is 14.0 Å². The molecule has 3 rings (SSSR count). The number of carbonyl (C=O) groups excluding carboxylic acids is 2. The van der Waals surface area contributed by atoms with E-state index >= 15 is 0 Å². The zero-order valence-corrected chi connectivity index (χ0v) is 12.3. The third kappa shape index (κ3) is 3.44. The average Bonchev–Trinajstić information content (AvgIpc) is 2.50. The van der Waals surface area contributed by atoms with Gasteiger partial charge in [0.15, 0.2) is 6.04 Å². The van der Waals surface area contributed by atoms with Gasteiger partial charge < -0.3 is 16.0 Å². The molecule has 22 heavy (non-hydrogen) atoms. The van der Waals surface area contributed by atoms with E-state index in [4.69, 9.17) is 0 Å². The summed E-state index contributed by atoms with van der Waals surface area (Å²) < 4.78 is 12.8. The first-order valence-electron chi connectivity index (χ1n) is 7.82. The fourth-order valence-electron chi connectivity index (χ4n) is 3.35. The molecule has 2 amide bonds. The van der Waals surface area contributed by atoms with Crippen LogP contribution in [0, 0.1) is 5.82 Å². The molecule has 1 aromatic carbocycles.